The lowest BCUT2D eigenvalue weighted by Gasteiger charge is -2.19. The van der Waals surface area contributed by atoms with Crippen molar-refractivity contribution in [3.05, 3.63) is 24.3 Å². The van der Waals surface area contributed by atoms with Gasteiger partial charge in [0.2, 0.25) is 0 Å². The minimum Gasteiger partial charge on any atom is -0.462 e. The SMILES string of the molecule is CCCCC/C=C\C/C=C\CCCCCCCCCCCC(=O)OC(COC(=O)CCCCCCCCCCCCCCCCCCCCCCCCCCCCCCCC)COP(=O)(O)OCCN. The molecule has 414 valence electrons. The molecule has 0 saturated carbocycles. The lowest BCUT2D eigenvalue weighted by Crippen LogP contribution is -2.29. The van der Waals surface area contributed by atoms with Crippen LogP contribution in [0.3, 0.4) is 0 Å². The Morgan fingerprint density at radius 2 is 0.743 bits per heavy atom. The van der Waals surface area contributed by atoms with E-state index in [4.69, 9.17) is 24.3 Å². The van der Waals surface area contributed by atoms with Crippen LogP contribution in [0.4, 0.5) is 0 Å². The molecule has 2 atom stereocenters. The Bertz CT molecular complexity index is 1200. The summed E-state index contributed by atoms with van der Waals surface area (Å²) in [5.74, 6) is -0.815. The third-order valence-corrected chi connectivity index (χ3v) is 14.6. The number of nitrogens with two attached hydrogens (primary N) is 1. The average Bonchev–Trinajstić information content (AvgIpc) is 3.35. The molecule has 0 bridgehead atoms. The number of rotatable bonds is 58. The molecule has 9 nitrogen and oxygen atoms in total. The fourth-order valence-corrected chi connectivity index (χ4v) is 9.85. The summed E-state index contributed by atoms with van der Waals surface area (Å²) >= 11 is 0. The van der Waals surface area contributed by atoms with Crippen LogP contribution < -0.4 is 5.73 Å². The molecule has 0 aliphatic heterocycles. The molecule has 0 fully saturated rings. The zero-order valence-corrected chi connectivity index (χ0v) is 47.2. The first-order valence-corrected chi connectivity index (χ1v) is 31.8. The van der Waals surface area contributed by atoms with E-state index in [1.165, 1.54) is 231 Å². The molecule has 0 rings (SSSR count). The molecule has 0 aliphatic rings. The summed E-state index contributed by atoms with van der Waals surface area (Å²) in [5, 5.41) is 0. The number of esters is 2. The van der Waals surface area contributed by atoms with Crippen molar-refractivity contribution in [1.29, 1.82) is 0 Å². The van der Waals surface area contributed by atoms with E-state index in [1.807, 2.05) is 0 Å². The van der Waals surface area contributed by atoms with E-state index in [0.717, 1.165) is 51.4 Å². The largest absolute Gasteiger partial charge is 0.472 e. The molecule has 0 heterocycles. The Labute approximate surface area is 433 Å². The molecule has 0 spiro atoms. The summed E-state index contributed by atoms with van der Waals surface area (Å²) in [6.45, 7) is 3.77. The number of unbranched alkanes of at least 4 members (excludes halogenated alkanes) is 41. The van der Waals surface area contributed by atoms with Gasteiger partial charge in [0.05, 0.1) is 13.2 Å². The van der Waals surface area contributed by atoms with Crippen molar-refractivity contribution in [3.8, 4) is 0 Å². The molecule has 0 amide bonds. The maximum Gasteiger partial charge on any atom is 0.472 e. The minimum atomic E-state index is -4.38. The second-order valence-electron chi connectivity index (χ2n) is 20.6. The maximum absolute atomic E-state index is 12.7. The number of phosphoric ester groups is 1. The first-order chi connectivity index (χ1) is 34.3. The van der Waals surface area contributed by atoms with Gasteiger partial charge in [0.15, 0.2) is 6.10 Å². The van der Waals surface area contributed by atoms with Crippen LogP contribution in [0.25, 0.3) is 0 Å². The van der Waals surface area contributed by atoms with Crippen molar-refractivity contribution >= 4 is 19.8 Å². The zero-order chi connectivity index (χ0) is 51.0. The number of hydrogen-bond acceptors (Lipinski definition) is 8. The van der Waals surface area contributed by atoms with Crippen molar-refractivity contribution in [1.82, 2.24) is 0 Å². The van der Waals surface area contributed by atoms with Crippen LogP contribution in [-0.4, -0.2) is 49.3 Å². The van der Waals surface area contributed by atoms with Crippen molar-refractivity contribution in [2.75, 3.05) is 26.4 Å². The Kier molecular flexibility index (Phi) is 55.6. The molecule has 2 unspecified atom stereocenters. The molecule has 0 aliphatic carbocycles. The molecular formula is C60H116NO8P. The molecule has 0 aromatic carbocycles. The molecular weight excluding hydrogens is 894 g/mol. The van der Waals surface area contributed by atoms with Gasteiger partial charge < -0.3 is 20.1 Å². The number of ether oxygens (including phenoxy) is 2. The molecule has 0 radical (unpaired) electrons. The predicted octanol–water partition coefficient (Wildman–Crippen LogP) is 19.0. The number of hydrogen-bond donors (Lipinski definition) is 2. The maximum atomic E-state index is 12.7. The monoisotopic (exact) mass is 1010 g/mol. The van der Waals surface area contributed by atoms with Crippen molar-refractivity contribution in [2.45, 2.75) is 322 Å². The Morgan fingerprint density at radius 3 is 1.11 bits per heavy atom. The third kappa shape index (κ3) is 55.8. The van der Waals surface area contributed by atoms with E-state index in [-0.39, 0.29) is 38.6 Å². The van der Waals surface area contributed by atoms with Gasteiger partial charge in [-0.1, -0.05) is 282 Å². The predicted molar refractivity (Wildman–Crippen MR) is 298 cm³/mol. The third-order valence-electron chi connectivity index (χ3n) is 13.6. The fraction of sp³-hybridized carbons (Fsp3) is 0.900. The Morgan fingerprint density at radius 1 is 0.429 bits per heavy atom. The summed E-state index contributed by atoms with van der Waals surface area (Å²) in [6.07, 6.45) is 66.8. The minimum absolute atomic E-state index is 0.0548. The standard InChI is InChI=1S/C60H116NO8P/c1-3-5-7-9-11-13-15-17-19-21-23-24-25-26-27-28-29-30-31-32-33-35-36-38-40-42-44-46-48-50-52-59(62)66-56-58(57-68-70(64,65)67-55-54-61)69-60(63)53-51-49-47-45-43-41-39-37-34-22-20-18-16-14-12-10-8-6-4-2/h12,14,18,20,58H,3-11,13,15-17,19,21-57,61H2,1-2H3,(H,64,65)/b14-12-,20-18-. The summed E-state index contributed by atoms with van der Waals surface area (Å²) in [7, 11) is -4.38. The van der Waals surface area contributed by atoms with Crippen molar-refractivity contribution in [3.63, 3.8) is 0 Å². The van der Waals surface area contributed by atoms with Crippen LogP contribution in [-0.2, 0) is 32.7 Å². The van der Waals surface area contributed by atoms with Gasteiger partial charge in [0.1, 0.15) is 6.61 Å². The summed E-state index contributed by atoms with van der Waals surface area (Å²) in [5.41, 5.74) is 5.38. The second kappa shape index (κ2) is 56.8. The van der Waals surface area contributed by atoms with Crippen molar-refractivity contribution in [2.24, 2.45) is 5.73 Å². The lowest BCUT2D eigenvalue weighted by atomic mass is 10.0. The number of phosphoric acid groups is 1. The highest BCUT2D eigenvalue weighted by atomic mass is 31.2. The number of carbonyl (C=O) groups excluding carboxylic acids is 2. The van der Waals surface area contributed by atoms with Crippen LogP contribution in [0.15, 0.2) is 24.3 Å². The van der Waals surface area contributed by atoms with Gasteiger partial charge in [-0.05, 0) is 44.9 Å². The van der Waals surface area contributed by atoms with Gasteiger partial charge >= 0.3 is 19.8 Å². The topological polar surface area (TPSA) is 134 Å². The van der Waals surface area contributed by atoms with Crippen LogP contribution >= 0.6 is 7.82 Å². The van der Waals surface area contributed by atoms with E-state index in [0.29, 0.717) is 6.42 Å². The van der Waals surface area contributed by atoms with E-state index >= 15 is 0 Å². The Balaban J connectivity index is 3.86. The van der Waals surface area contributed by atoms with Gasteiger partial charge in [-0.15, -0.1) is 0 Å². The van der Waals surface area contributed by atoms with E-state index < -0.39 is 26.5 Å². The Hall–Kier alpha value is -1.51. The molecule has 0 aromatic rings. The van der Waals surface area contributed by atoms with Gasteiger partial charge in [-0.25, -0.2) is 4.57 Å². The fourth-order valence-electron chi connectivity index (χ4n) is 9.08. The van der Waals surface area contributed by atoms with Crippen LogP contribution in [0.1, 0.15) is 316 Å². The number of allylic oxidation sites excluding steroid dienone is 4. The highest BCUT2D eigenvalue weighted by molar-refractivity contribution is 7.47. The first kappa shape index (κ1) is 68.5. The molecule has 3 N–H and O–H groups in total. The van der Waals surface area contributed by atoms with Crippen LogP contribution in [0.2, 0.25) is 0 Å². The van der Waals surface area contributed by atoms with Gasteiger partial charge in [0.25, 0.3) is 0 Å². The van der Waals surface area contributed by atoms with Gasteiger partial charge in [-0.2, -0.15) is 0 Å². The quantitative estimate of drug-likeness (QED) is 0.0264. The summed E-state index contributed by atoms with van der Waals surface area (Å²) in [6, 6.07) is 0. The van der Waals surface area contributed by atoms with E-state index in [9.17, 15) is 19.0 Å². The highest BCUT2D eigenvalue weighted by Crippen LogP contribution is 2.43. The average molecular weight is 1010 g/mol. The first-order valence-electron chi connectivity index (χ1n) is 30.3. The molecule has 70 heavy (non-hydrogen) atoms. The molecule has 0 saturated heterocycles. The molecule has 0 aromatic heterocycles. The molecule has 10 heteroatoms. The van der Waals surface area contributed by atoms with Gasteiger partial charge in [0, 0.05) is 19.4 Å². The van der Waals surface area contributed by atoms with E-state index in [1.54, 1.807) is 0 Å². The lowest BCUT2D eigenvalue weighted by molar-refractivity contribution is -0.161. The zero-order valence-electron chi connectivity index (χ0n) is 46.3. The summed E-state index contributed by atoms with van der Waals surface area (Å²) < 4.78 is 33.0. The van der Waals surface area contributed by atoms with E-state index in [2.05, 4.69) is 38.2 Å². The van der Waals surface area contributed by atoms with Crippen LogP contribution in [0, 0.1) is 0 Å². The second-order valence-corrected chi connectivity index (χ2v) is 22.0. The normalized spacial score (nSPS) is 13.1. The number of carbonyl (C=O) groups is 2. The highest BCUT2D eigenvalue weighted by Gasteiger charge is 2.26. The van der Waals surface area contributed by atoms with Crippen LogP contribution in [0.5, 0.6) is 0 Å². The van der Waals surface area contributed by atoms with Crippen molar-refractivity contribution < 1.29 is 37.6 Å². The van der Waals surface area contributed by atoms with Gasteiger partial charge in [-0.3, -0.25) is 18.6 Å². The smallest absolute Gasteiger partial charge is 0.462 e. The summed E-state index contributed by atoms with van der Waals surface area (Å²) in [4.78, 5) is 35.2.